The number of hydrogen-bond acceptors (Lipinski definition) is 4. The van der Waals surface area contributed by atoms with Gasteiger partial charge in [-0.2, -0.15) is 4.99 Å². The number of thioether (sulfide) groups is 1. The van der Waals surface area contributed by atoms with Gasteiger partial charge in [-0.05, 0) is 47.7 Å². The fraction of sp³-hybridized carbons (Fsp3) is 0.200. The summed E-state index contributed by atoms with van der Waals surface area (Å²) in [6.45, 7) is 3.48. The van der Waals surface area contributed by atoms with Gasteiger partial charge in [-0.1, -0.05) is 47.5 Å². The summed E-state index contributed by atoms with van der Waals surface area (Å²) in [4.78, 5) is 21.7. The summed E-state index contributed by atoms with van der Waals surface area (Å²) in [5.74, 6) is -0.216. The van der Waals surface area contributed by atoms with Crippen LogP contribution in [0.3, 0.4) is 0 Å². The van der Waals surface area contributed by atoms with E-state index in [1.807, 2.05) is 12.1 Å². The van der Waals surface area contributed by atoms with Gasteiger partial charge in [0.25, 0.3) is 5.91 Å². The summed E-state index contributed by atoms with van der Waals surface area (Å²) in [6, 6.07) is 15.6. The van der Waals surface area contributed by atoms with E-state index >= 15 is 0 Å². The highest BCUT2D eigenvalue weighted by Gasteiger charge is 2.28. The van der Waals surface area contributed by atoms with E-state index in [4.69, 9.17) is 23.2 Å². The molecule has 0 N–H and O–H groups in total. The lowest BCUT2D eigenvalue weighted by atomic mass is 10.2. The van der Waals surface area contributed by atoms with Crippen LogP contribution in [0.5, 0.6) is 0 Å². The molecule has 0 bridgehead atoms. The molecule has 0 spiro atoms. The molecule has 1 amide bonds. The molecule has 0 atom stereocenters. The van der Waals surface area contributed by atoms with Gasteiger partial charge in [0.05, 0.1) is 4.91 Å². The Morgan fingerprint density at radius 1 is 0.963 bits per heavy atom. The Morgan fingerprint density at radius 3 is 2.37 bits per heavy atom. The van der Waals surface area contributed by atoms with Gasteiger partial charge < -0.3 is 9.80 Å². The van der Waals surface area contributed by atoms with Gasteiger partial charge in [0.2, 0.25) is 0 Å². The van der Waals surface area contributed by atoms with Crippen LogP contribution in [0.1, 0.15) is 5.56 Å². The van der Waals surface area contributed by atoms with Crippen LogP contribution in [0.25, 0.3) is 6.08 Å². The minimum atomic E-state index is -0.216. The van der Waals surface area contributed by atoms with Crippen LogP contribution in [0.4, 0.5) is 5.69 Å². The fourth-order valence-electron chi connectivity index (χ4n) is 3.09. The standard InChI is InChI=1S/C20H17Cl2N3OS/c21-15-7-6-14(17(22)13-15)12-18-19(26)23-20(27-18)25-10-8-24(9-11-25)16-4-2-1-3-5-16/h1-7,12-13H,8-11H2/b18-12-. The Morgan fingerprint density at radius 2 is 1.67 bits per heavy atom. The third-order valence-electron chi connectivity index (χ3n) is 4.53. The molecule has 0 aromatic heterocycles. The molecule has 0 saturated carbocycles. The molecule has 2 heterocycles. The third-order valence-corrected chi connectivity index (χ3v) is 6.14. The molecule has 2 aliphatic heterocycles. The van der Waals surface area contributed by atoms with Crippen LogP contribution in [-0.4, -0.2) is 42.2 Å². The molecule has 2 aliphatic rings. The highest BCUT2D eigenvalue weighted by molar-refractivity contribution is 8.18. The zero-order chi connectivity index (χ0) is 18.8. The quantitative estimate of drug-likeness (QED) is 0.658. The Balaban J connectivity index is 1.42. The molecule has 2 aromatic carbocycles. The van der Waals surface area contributed by atoms with Gasteiger partial charge >= 0.3 is 0 Å². The van der Waals surface area contributed by atoms with Crippen LogP contribution in [0.2, 0.25) is 10.0 Å². The van der Waals surface area contributed by atoms with E-state index in [-0.39, 0.29) is 5.91 Å². The van der Waals surface area contributed by atoms with E-state index in [9.17, 15) is 4.79 Å². The van der Waals surface area contributed by atoms with Crippen molar-refractivity contribution in [1.29, 1.82) is 0 Å². The Kier molecular flexibility index (Phi) is 5.43. The van der Waals surface area contributed by atoms with Gasteiger partial charge in [0.15, 0.2) is 5.17 Å². The van der Waals surface area contributed by atoms with E-state index < -0.39 is 0 Å². The maximum absolute atomic E-state index is 12.3. The first-order valence-corrected chi connectivity index (χ1v) is 10.2. The zero-order valence-electron chi connectivity index (χ0n) is 14.4. The molecule has 7 heteroatoms. The first-order valence-electron chi connectivity index (χ1n) is 8.63. The lowest BCUT2D eigenvalue weighted by Gasteiger charge is -2.36. The summed E-state index contributed by atoms with van der Waals surface area (Å²) < 4.78 is 0. The van der Waals surface area contributed by atoms with Crippen molar-refractivity contribution in [1.82, 2.24) is 4.90 Å². The minimum Gasteiger partial charge on any atom is -0.368 e. The number of rotatable bonds is 2. The molecular weight excluding hydrogens is 401 g/mol. The maximum atomic E-state index is 12.3. The fourth-order valence-corrected chi connectivity index (χ4v) is 4.51. The number of amides is 1. The first kappa shape index (κ1) is 18.4. The van der Waals surface area contributed by atoms with E-state index in [0.717, 1.165) is 36.9 Å². The van der Waals surface area contributed by atoms with Crippen LogP contribution >= 0.6 is 35.0 Å². The van der Waals surface area contributed by atoms with E-state index in [0.29, 0.717) is 15.0 Å². The third kappa shape index (κ3) is 4.15. The SMILES string of the molecule is O=C1N=C(N2CCN(c3ccccc3)CC2)S/C1=C\c1ccc(Cl)cc1Cl. The van der Waals surface area contributed by atoms with Gasteiger partial charge in [-0.25, -0.2) is 0 Å². The largest absolute Gasteiger partial charge is 0.368 e. The van der Waals surface area contributed by atoms with Crippen molar-refractivity contribution in [2.45, 2.75) is 0 Å². The Bertz CT molecular complexity index is 922. The molecule has 0 radical (unpaired) electrons. The van der Waals surface area contributed by atoms with E-state index in [1.165, 1.54) is 17.4 Å². The molecule has 4 rings (SSSR count). The highest BCUT2D eigenvalue weighted by Crippen LogP contribution is 2.33. The normalized spacial score (nSPS) is 19.0. The van der Waals surface area contributed by atoms with Crippen molar-refractivity contribution < 1.29 is 4.79 Å². The summed E-state index contributed by atoms with van der Waals surface area (Å²) in [6.07, 6.45) is 1.78. The number of amidine groups is 1. The van der Waals surface area contributed by atoms with Crippen LogP contribution in [0, 0.1) is 0 Å². The lowest BCUT2D eigenvalue weighted by molar-refractivity contribution is -0.113. The number of aliphatic imine (C=N–C) groups is 1. The average Bonchev–Trinajstić information content (AvgIpc) is 3.05. The number of para-hydroxylation sites is 1. The van der Waals surface area contributed by atoms with Crippen LogP contribution < -0.4 is 4.90 Å². The summed E-state index contributed by atoms with van der Waals surface area (Å²) in [7, 11) is 0. The molecule has 138 valence electrons. The Labute approximate surface area is 172 Å². The second-order valence-electron chi connectivity index (χ2n) is 6.29. The van der Waals surface area contributed by atoms with Crippen molar-refractivity contribution in [2.24, 2.45) is 4.99 Å². The summed E-state index contributed by atoms with van der Waals surface area (Å²) in [5.41, 5.74) is 1.99. The number of benzene rings is 2. The predicted octanol–water partition coefficient (Wildman–Crippen LogP) is 4.79. The number of nitrogens with zero attached hydrogens (tertiary/aromatic N) is 3. The molecule has 1 fully saturated rings. The van der Waals surface area contributed by atoms with Crippen molar-refractivity contribution in [3.05, 3.63) is 69.0 Å². The molecule has 0 unspecified atom stereocenters. The second kappa shape index (κ2) is 7.97. The predicted molar refractivity (Wildman–Crippen MR) is 115 cm³/mol. The number of carbonyl (C=O) groups excluding carboxylic acids is 1. The zero-order valence-corrected chi connectivity index (χ0v) is 16.8. The number of carbonyl (C=O) groups is 1. The number of anilines is 1. The van der Waals surface area contributed by atoms with Crippen molar-refractivity contribution in [2.75, 3.05) is 31.1 Å². The topological polar surface area (TPSA) is 35.9 Å². The van der Waals surface area contributed by atoms with Crippen molar-refractivity contribution in [3.63, 3.8) is 0 Å². The molecule has 0 aliphatic carbocycles. The van der Waals surface area contributed by atoms with Crippen LogP contribution in [0.15, 0.2) is 58.4 Å². The van der Waals surface area contributed by atoms with Gasteiger partial charge in [-0.15, -0.1) is 0 Å². The van der Waals surface area contributed by atoms with E-state index in [2.05, 4.69) is 39.1 Å². The highest BCUT2D eigenvalue weighted by atomic mass is 35.5. The lowest BCUT2D eigenvalue weighted by Crippen LogP contribution is -2.47. The van der Waals surface area contributed by atoms with Crippen molar-refractivity contribution in [3.8, 4) is 0 Å². The van der Waals surface area contributed by atoms with E-state index in [1.54, 1.807) is 18.2 Å². The van der Waals surface area contributed by atoms with Gasteiger partial charge in [0, 0.05) is 41.9 Å². The van der Waals surface area contributed by atoms with Gasteiger partial charge in [0.1, 0.15) is 0 Å². The number of hydrogen-bond donors (Lipinski definition) is 0. The molecule has 1 saturated heterocycles. The number of piperazine rings is 1. The maximum Gasteiger partial charge on any atom is 0.286 e. The monoisotopic (exact) mass is 417 g/mol. The van der Waals surface area contributed by atoms with Crippen LogP contribution in [-0.2, 0) is 4.79 Å². The molecule has 27 heavy (non-hydrogen) atoms. The van der Waals surface area contributed by atoms with Gasteiger partial charge in [-0.3, -0.25) is 4.79 Å². The first-order chi connectivity index (χ1) is 13.1. The summed E-state index contributed by atoms with van der Waals surface area (Å²) in [5, 5.41) is 1.86. The van der Waals surface area contributed by atoms with Crippen molar-refractivity contribution >= 4 is 57.8 Å². The summed E-state index contributed by atoms with van der Waals surface area (Å²) >= 11 is 13.6. The minimum absolute atomic E-state index is 0.216. The number of halogens is 2. The second-order valence-corrected chi connectivity index (χ2v) is 8.14. The molecule has 4 nitrogen and oxygen atoms in total. The average molecular weight is 418 g/mol. The smallest absolute Gasteiger partial charge is 0.286 e. The molecular formula is C20H17Cl2N3OS. The molecule has 2 aromatic rings. The Hall–Kier alpha value is -1.95.